The Labute approximate surface area is 175 Å². The van der Waals surface area contributed by atoms with Crippen LogP contribution in [0.2, 0.25) is 0 Å². The van der Waals surface area contributed by atoms with E-state index in [9.17, 15) is 19.5 Å². The lowest BCUT2D eigenvalue weighted by Gasteiger charge is -2.56. The highest BCUT2D eigenvalue weighted by molar-refractivity contribution is 5.91. The fourth-order valence-corrected chi connectivity index (χ4v) is 5.71. The van der Waals surface area contributed by atoms with Crippen molar-refractivity contribution in [3.05, 3.63) is 23.8 Å². The second-order valence-corrected chi connectivity index (χ2v) is 9.15. The van der Waals surface area contributed by atoms with Gasteiger partial charge in [-0.2, -0.15) is 0 Å². The number of epoxide rings is 1. The summed E-state index contributed by atoms with van der Waals surface area (Å²) in [5, 5.41) is 10.9. The molecule has 2 aliphatic carbocycles. The highest BCUT2D eigenvalue weighted by atomic mass is 16.6. The maximum absolute atomic E-state index is 12.7. The Balaban J connectivity index is 1.57. The molecule has 0 radical (unpaired) electrons. The number of esters is 3. The van der Waals surface area contributed by atoms with E-state index in [0.29, 0.717) is 37.0 Å². The standard InChI is InChI=1S/C22H28O8/c1-11(6-8-27-13(3)23)19(25)29-15-5-7-22(10-28-22)18-17-16(12(2)20(26)30-17)14(24)9-21(15,18)4/h6,14-18,24H,2,5,7-10H2,1,3-4H3/b11-6-/t14-,15-,16+,17-,18+,21-,22-/m0/s1. The predicted octanol–water partition coefficient (Wildman–Crippen LogP) is 1.46. The van der Waals surface area contributed by atoms with Gasteiger partial charge in [-0.15, -0.1) is 0 Å². The molecule has 0 aromatic rings. The van der Waals surface area contributed by atoms with Crippen LogP contribution in [-0.4, -0.2) is 60.1 Å². The average molecular weight is 420 g/mol. The summed E-state index contributed by atoms with van der Waals surface area (Å²) in [7, 11) is 0. The van der Waals surface area contributed by atoms with Gasteiger partial charge in [0.25, 0.3) is 0 Å². The summed E-state index contributed by atoms with van der Waals surface area (Å²) in [6, 6.07) is 0. The van der Waals surface area contributed by atoms with Crippen LogP contribution < -0.4 is 0 Å². The largest absolute Gasteiger partial charge is 0.462 e. The van der Waals surface area contributed by atoms with E-state index in [1.165, 1.54) is 13.0 Å². The Bertz CT molecular complexity index is 825. The van der Waals surface area contributed by atoms with Crippen LogP contribution >= 0.6 is 0 Å². The van der Waals surface area contributed by atoms with Crippen LogP contribution in [0.4, 0.5) is 0 Å². The summed E-state index contributed by atoms with van der Waals surface area (Å²) < 4.78 is 22.2. The minimum Gasteiger partial charge on any atom is -0.462 e. The molecule has 8 heteroatoms. The number of ether oxygens (including phenoxy) is 4. The second-order valence-electron chi connectivity index (χ2n) is 9.15. The molecule has 1 N–H and O–H groups in total. The number of aliphatic hydroxyl groups excluding tert-OH is 1. The van der Waals surface area contributed by atoms with Gasteiger partial charge in [-0.25, -0.2) is 9.59 Å². The van der Waals surface area contributed by atoms with Gasteiger partial charge in [-0.1, -0.05) is 13.5 Å². The minimum atomic E-state index is -0.814. The van der Waals surface area contributed by atoms with Crippen molar-refractivity contribution >= 4 is 17.9 Å². The molecule has 2 saturated heterocycles. The maximum Gasteiger partial charge on any atom is 0.334 e. The molecule has 0 unspecified atom stereocenters. The zero-order valence-electron chi connectivity index (χ0n) is 17.5. The van der Waals surface area contributed by atoms with E-state index >= 15 is 0 Å². The van der Waals surface area contributed by atoms with E-state index < -0.39 is 53.2 Å². The first-order valence-electron chi connectivity index (χ1n) is 10.3. The molecule has 4 rings (SSSR count). The lowest BCUT2D eigenvalue weighted by atomic mass is 9.51. The lowest BCUT2D eigenvalue weighted by molar-refractivity contribution is -0.202. The zero-order valence-corrected chi connectivity index (χ0v) is 17.5. The predicted molar refractivity (Wildman–Crippen MR) is 103 cm³/mol. The maximum atomic E-state index is 12.7. The van der Waals surface area contributed by atoms with Crippen molar-refractivity contribution in [2.45, 2.75) is 63.9 Å². The lowest BCUT2D eigenvalue weighted by Crippen LogP contribution is -2.63. The molecule has 8 nitrogen and oxygen atoms in total. The Morgan fingerprint density at radius 2 is 2.07 bits per heavy atom. The van der Waals surface area contributed by atoms with Crippen LogP contribution in [0.15, 0.2) is 23.8 Å². The summed E-state index contributed by atoms with van der Waals surface area (Å²) >= 11 is 0. The normalized spacial score (nSPS) is 42.3. The third-order valence-electron chi connectivity index (χ3n) is 7.26. The van der Waals surface area contributed by atoms with Crippen molar-refractivity contribution < 1.29 is 38.4 Å². The smallest absolute Gasteiger partial charge is 0.334 e. The monoisotopic (exact) mass is 420 g/mol. The SMILES string of the molecule is C=C1C(=O)O[C@H]2[C@H]1[C@@H](O)C[C@@]1(C)[C@@H](OC(=O)/C(C)=C\COC(C)=O)CC[C@]3(CO3)[C@H]21. The van der Waals surface area contributed by atoms with E-state index in [0.717, 1.165) is 0 Å². The number of hydrogen-bond acceptors (Lipinski definition) is 8. The molecule has 0 bridgehead atoms. The van der Waals surface area contributed by atoms with Crippen molar-refractivity contribution in [1.29, 1.82) is 0 Å². The highest BCUT2D eigenvalue weighted by Gasteiger charge is 2.72. The van der Waals surface area contributed by atoms with Crippen LogP contribution in [0.1, 0.15) is 40.0 Å². The fourth-order valence-electron chi connectivity index (χ4n) is 5.71. The van der Waals surface area contributed by atoms with E-state index in [2.05, 4.69) is 6.58 Å². The molecule has 2 saturated carbocycles. The zero-order chi connectivity index (χ0) is 21.8. The molecular formula is C22H28O8. The van der Waals surface area contributed by atoms with Crippen LogP contribution in [0.3, 0.4) is 0 Å². The number of fused-ring (bicyclic) bond motifs is 4. The fraction of sp³-hybridized carbons (Fsp3) is 0.682. The Hall–Kier alpha value is -2.19. The summed E-state index contributed by atoms with van der Waals surface area (Å²) in [5.74, 6) is -2.06. The molecular weight excluding hydrogens is 392 g/mol. The molecule has 30 heavy (non-hydrogen) atoms. The van der Waals surface area contributed by atoms with Crippen LogP contribution in [0, 0.1) is 17.3 Å². The minimum absolute atomic E-state index is 0.00168. The molecule has 0 amide bonds. The van der Waals surface area contributed by atoms with Crippen LogP contribution in [0.5, 0.6) is 0 Å². The second kappa shape index (κ2) is 7.20. The van der Waals surface area contributed by atoms with Gasteiger partial charge >= 0.3 is 17.9 Å². The molecule has 164 valence electrons. The Kier molecular flexibility index (Phi) is 5.05. The summed E-state index contributed by atoms with van der Waals surface area (Å²) in [5.41, 5.74) is -0.388. The van der Waals surface area contributed by atoms with E-state index in [-0.39, 0.29) is 12.5 Å². The molecule has 2 heterocycles. The average Bonchev–Trinajstić information content (AvgIpc) is 3.36. The number of aliphatic hydroxyl groups is 1. The van der Waals surface area contributed by atoms with Crippen LogP contribution in [0.25, 0.3) is 0 Å². The third kappa shape index (κ3) is 3.26. The van der Waals surface area contributed by atoms with Gasteiger partial charge in [0.05, 0.1) is 24.2 Å². The summed E-state index contributed by atoms with van der Waals surface area (Å²) in [6.07, 6.45) is 1.32. The number of hydrogen-bond donors (Lipinski definition) is 1. The summed E-state index contributed by atoms with van der Waals surface area (Å²) in [6.45, 7) is 9.27. The highest BCUT2D eigenvalue weighted by Crippen LogP contribution is 2.63. The van der Waals surface area contributed by atoms with Crippen molar-refractivity contribution in [3.63, 3.8) is 0 Å². The molecule has 0 aromatic heterocycles. The summed E-state index contributed by atoms with van der Waals surface area (Å²) in [4.78, 5) is 35.8. The van der Waals surface area contributed by atoms with Gasteiger partial charge in [0, 0.05) is 29.4 Å². The van der Waals surface area contributed by atoms with E-state index in [4.69, 9.17) is 18.9 Å². The third-order valence-corrected chi connectivity index (χ3v) is 7.26. The van der Waals surface area contributed by atoms with Gasteiger partial charge in [0.1, 0.15) is 18.8 Å². The quantitative estimate of drug-likeness (QED) is 0.315. The molecule has 4 fully saturated rings. The van der Waals surface area contributed by atoms with Crippen molar-refractivity contribution in [2.24, 2.45) is 17.3 Å². The van der Waals surface area contributed by atoms with E-state index in [1.54, 1.807) is 6.92 Å². The van der Waals surface area contributed by atoms with Crippen LogP contribution in [-0.2, 0) is 33.3 Å². The van der Waals surface area contributed by atoms with Crippen molar-refractivity contribution in [2.75, 3.05) is 13.2 Å². The number of carbonyl (C=O) groups is 3. The number of carbonyl (C=O) groups excluding carboxylic acids is 3. The first-order valence-corrected chi connectivity index (χ1v) is 10.3. The first-order chi connectivity index (χ1) is 14.1. The van der Waals surface area contributed by atoms with Gasteiger partial charge in [0.15, 0.2) is 0 Å². The Morgan fingerprint density at radius 3 is 2.70 bits per heavy atom. The van der Waals surface area contributed by atoms with E-state index in [1.807, 2.05) is 6.92 Å². The van der Waals surface area contributed by atoms with Gasteiger partial charge in [-0.3, -0.25) is 4.79 Å². The molecule has 1 spiro atoms. The van der Waals surface area contributed by atoms with Crippen molar-refractivity contribution in [1.82, 2.24) is 0 Å². The number of rotatable bonds is 4. The molecule has 0 aromatic carbocycles. The molecule has 4 aliphatic rings. The van der Waals surface area contributed by atoms with Gasteiger partial charge in [-0.05, 0) is 32.3 Å². The first kappa shape index (κ1) is 21.1. The van der Waals surface area contributed by atoms with Crippen molar-refractivity contribution in [3.8, 4) is 0 Å². The Morgan fingerprint density at radius 1 is 1.37 bits per heavy atom. The molecule has 2 aliphatic heterocycles. The van der Waals surface area contributed by atoms with Gasteiger partial charge < -0.3 is 24.1 Å². The van der Waals surface area contributed by atoms with Gasteiger partial charge in [0.2, 0.25) is 0 Å². The molecule has 7 atom stereocenters. The topological polar surface area (TPSA) is 112 Å².